The van der Waals surface area contributed by atoms with E-state index in [4.69, 9.17) is 17.3 Å². The van der Waals surface area contributed by atoms with Crippen LogP contribution in [0.2, 0.25) is 5.15 Å². The first kappa shape index (κ1) is 13.6. The Morgan fingerprint density at radius 3 is 2.67 bits per heavy atom. The van der Waals surface area contributed by atoms with Gasteiger partial charge in [0.15, 0.2) is 5.15 Å². The summed E-state index contributed by atoms with van der Waals surface area (Å²) in [7, 11) is 1.95. The fraction of sp³-hybridized carbons (Fsp3) is 0.308. The van der Waals surface area contributed by atoms with Crippen LogP contribution in [0.15, 0.2) is 28.7 Å². The van der Waals surface area contributed by atoms with E-state index in [1.165, 1.54) is 5.56 Å². The van der Waals surface area contributed by atoms with Gasteiger partial charge < -0.3 is 10.3 Å². The number of aryl methyl sites for hydroxylation is 1. The second-order valence-corrected chi connectivity index (χ2v) is 5.33. The molecule has 0 amide bonds. The number of nitrogens with two attached hydrogens (primary N) is 1. The quantitative estimate of drug-likeness (QED) is 0.937. The molecule has 1 heterocycles. The largest absolute Gasteiger partial charge is 0.333 e. The van der Waals surface area contributed by atoms with Crippen molar-refractivity contribution >= 4 is 27.5 Å². The predicted molar refractivity (Wildman–Crippen MR) is 77.7 cm³/mol. The van der Waals surface area contributed by atoms with Crippen molar-refractivity contribution in [2.24, 2.45) is 12.8 Å². The molecule has 0 saturated heterocycles. The van der Waals surface area contributed by atoms with Gasteiger partial charge in [0, 0.05) is 11.5 Å². The van der Waals surface area contributed by atoms with E-state index in [0.717, 1.165) is 28.8 Å². The number of hydrogen-bond acceptors (Lipinski definition) is 2. The van der Waals surface area contributed by atoms with E-state index in [1.807, 2.05) is 29.8 Å². The molecule has 5 heteroatoms. The van der Waals surface area contributed by atoms with Crippen molar-refractivity contribution < 1.29 is 0 Å². The summed E-state index contributed by atoms with van der Waals surface area (Å²) < 4.78 is 3.11. The molecule has 2 N–H and O–H groups in total. The lowest BCUT2D eigenvalue weighted by Gasteiger charge is -2.06. The lowest BCUT2D eigenvalue weighted by Crippen LogP contribution is -2.07. The molecule has 3 nitrogen and oxygen atoms in total. The fourth-order valence-corrected chi connectivity index (χ4v) is 2.76. The third kappa shape index (κ3) is 2.76. The van der Waals surface area contributed by atoms with Gasteiger partial charge in [0.25, 0.3) is 0 Å². The summed E-state index contributed by atoms with van der Waals surface area (Å²) in [6.45, 7) is 0.408. The number of rotatable bonds is 4. The summed E-state index contributed by atoms with van der Waals surface area (Å²) >= 11 is 9.69. The van der Waals surface area contributed by atoms with Gasteiger partial charge in [0.2, 0.25) is 0 Å². The standard InChI is InChI=1S/C13H15BrClN3/c1-18-11(13(15)17-12(18)8-16)7-6-9-4-2-3-5-10(9)14/h2-5H,6-8,16H2,1H3. The van der Waals surface area contributed by atoms with Gasteiger partial charge >= 0.3 is 0 Å². The number of hydrogen-bond donors (Lipinski definition) is 1. The van der Waals surface area contributed by atoms with Crippen molar-refractivity contribution in [2.45, 2.75) is 19.4 Å². The van der Waals surface area contributed by atoms with Crippen LogP contribution in [0.3, 0.4) is 0 Å². The number of imidazole rings is 1. The molecule has 0 aliphatic carbocycles. The second kappa shape index (κ2) is 5.87. The zero-order valence-corrected chi connectivity index (χ0v) is 12.5. The molecule has 0 unspecified atom stereocenters. The monoisotopic (exact) mass is 327 g/mol. The molecule has 0 bridgehead atoms. The molecule has 2 rings (SSSR count). The minimum absolute atomic E-state index is 0.408. The molecule has 96 valence electrons. The Morgan fingerprint density at radius 2 is 2.06 bits per heavy atom. The minimum Gasteiger partial charge on any atom is -0.333 e. The van der Waals surface area contributed by atoms with E-state index in [2.05, 4.69) is 27.0 Å². The highest BCUT2D eigenvalue weighted by Gasteiger charge is 2.12. The SMILES string of the molecule is Cn1c(CN)nc(Cl)c1CCc1ccccc1Br. The number of halogens is 2. The highest BCUT2D eigenvalue weighted by atomic mass is 79.9. The van der Waals surface area contributed by atoms with E-state index in [-0.39, 0.29) is 0 Å². The maximum Gasteiger partial charge on any atom is 0.150 e. The Balaban J connectivity index is 2.16. The van der Waals surface area contributed by atoms with Gasteiger partial charge in [0.1, 0.15) is 5.82 Å². The summed E-state index contributed by atoms with van der Waals surface area (Å²) in [4.78, 5) is 4.26. The average Bonchev–Trinajstić information content (AvgIpc) is 2.64. The summed E-state index contributed by atoms with van der Waals surface area (Å²) in [6.07, 6.45) is 1.77. The zero-order valence-electron chi connectivity index (χ0n) is 10.2. The lowest BCUT2D eigenvalue weighted by atomic mass is 10.1. The van der Waals surface area contributed by atoms with Crippen LogP contribution in [0.4, 0.5) is 0 Å². The molecular formula is C13H15BrClN3. The molecule has 2 aromatic rings. The first-order chi connectivity index (χ1) is 8.63. The van der Waals surface area contributed by atoms with Gasteiger partial charge in [-0.25, -0.2) is 4.98 Å². The normalized spacial score (nSPS) is 10.9. The first-order valence-corrected chi connectivity index (χ1v) is 6.94. The van der Waals surface area contributed by atoms with Crippen LogP contribution in [0.1, 0.15) is 17.1 Å². The van der Waals surface area contributed by atoms with Crippen LogP contribution in [-0.4, -0.2) is 9.55 Å². The third-order valence-electron chi connectivity index (χ3n) is 3.03. The molecule has 0 radical (unpaired) electrons. The summed E-state index contributed by atoms with van der Waals surface area (Å²) in [5.74, 6) is 0.821. The van der Waals surface area contributed by atoms with E-state index in [9.17, 15) is 0 Å². The molecule has 0 atom stereocenters. The van der Waals surface area contributed by atoms with Crippen LogP contribution < -0.4 is 5.73 Å². The van der Waals surface area contributed by atoms with Gasteiger partial charge in [-0.2, -0.15) is 0 Å². The number of nitrogens with zero attached hydrogens (tertiary/aromatic N) is 2. The van der Waals surface area contributed by atoms with Crippen LogP contribution >= 0.6 is 27.5 Å². The van der Waals surface area contributed by atoms with Gasteiger partial charge in [-0.1, -0.05) is 45.7 Å². The van der Waals surface area contributed by atoms with E-state index in [0.29, 0.717) is 11.7 Å². The molecule has 1 aromatic carbocycles. The Bertz CT molecular complexity index is 551. The van der Waals surface area contributed by atoms with Gasteiger partial charge in [-0.15, -0.1) is 0 Å². The highest BCUT2D eigenvalue weighted by Crippen LogP contribution is 2.21. The number of benzene rings is 1. The molecular weight excluding hydrogens is 314 g/mol. The molecule has 0 aliphatic rings. The summed E-state index contributed by atoms with van der Waals surface area (Å²) in [5.41, 5.74) is 7.92. The zero-order chi connectivity index (χ0) is 13.1. The highest BCUT2D eigenvalue weighted by molar-refractivity contribution is 9.10. The third-order valence-corrected chi connectivity index (χ3v) is 4.11. The number of aromatic nitrogens is 2. The van der Waals surface area contributed by atoms with Crippen molar-refractivity contribution in [3.05, 3.63) is 51.0 Å². The first-order valence-electron chi connectivity index (χ1n) is 5.77. The van der Waals surface area contributed by atoms with Gasteiger partial charge in [-0.3, -0.25) is 0 Å². The van der Waals surface area contributed by atoms with Gasteiger partial charge in [-0.05, 0) is 24.5 Å². The fourth-order valence-electron chi connectivity index (χ4n) is 1.95. The van der Waals surface area contributed by atoms with Crippen LogP contribution in [-0.2, 0) is 26.4 Å². The molecule has 1 aromatic heterocycles. The van der Waals surface area contributed by atoms with Gasteiger partial charge in [0.05, 0.1) is 12.2 Å². The van der Waals surface area contributed by atoms with Crippen molar-refractivity contribution in [3.8, 4) is 0 Å². The summed E-state index contributed by atoms with van der Waals surface area (Å²) in [6, 6.07) is 8.21. The molecule has 0 fully saturated rings. The smallest absolute Gasteiger partial charge is 0.150 e. The Kier molecular flexibility index (Phi) is 4.43. The predicted octanol–water partition coefficient (Wildman–Crippen LogP) is 3.08. The van der Waals surface area contributed by atoms with Crippen LogP contribution in [0.5, 0.6) is 0 Å². The Hall–Kier alpha value is -0.840. The topological polar surface area (TPSA) is 43.8 Å². The van der Waals surface area contributed by atoms with Crippen molar-refractivity contribution in [2.75, 3.05) is 0 Å². The lowest BCUT2D eigenvalue weighted by molar-refractivity contribution is 0.739. The molecule has 0 aliphatic heterocycles. The van der Waals surface area contributed by atoms with Crippen LogP contribution in [0, 0.1) is 0 Å². The second-order valence-electron chi connectivity index (χ2n) is 4.12. The molecule has 0 spiro atoms. The Labute approximate surface area is 120 Å². The molecule has 18 heavy (non-hydrogen) atoms. The maximum atomic E-state index is 6.14. The van der Waals surface area contributed by atoms with Crippen LogP contribution in [0.25, 0.3) is 0 Å². The maximum absolute atomic E-state index is 6.14. The van der Waals surface area contributed by atoms with Crippen molar-refractivity contribution in [1.82, 2.24) is 9.55 Å². The van der Waals surface area contributed by atoms with E-state index in [1.54, 1.807) is 0 Å². The Morgan fingerprint density at radius 1 is 1.33 bits per heavy atom. The summed E-state index contributed by atoms with van der Waals surface area (Å²) in [5, 5.41) is 0.560. The van der Waals surface area contributed by atoms with Crippen molar-refractivity contribution in [1.29, 1.82) is 0 Å². The van der Waals surface area contributed by atoms with E-state index < -0.39 is 0 Å². The molecule has 0 saturated carbocycles. The minimum atomic E-state index is 0.408. The average molecular weight is 329 g/mol. The van der Waals surface area contributed by atoms with Crippen molar-refractivity contribution in [3.63, 3.8) is 0 Å². The van der Waals surface area contributed by atoms with E-state index >= 15 is 0 Å².